The quantitative estimate of drug-likeness (QED) is 0.639. The summed E-state index contributed by atoms with van der Waals surface area (Å²) < 4.78 is 0. The summed E-state index contributed by atoms with van der Waals surface area (Å²) in [6, 6.07) is -0.724. The maximum atomic E-state index is 11.8. The van der Waals surface area contributed by atoms with Gasteiger partial charge in [0, 0.05) is 0 Å². The van der Waals surface area contributed by atoms with Crippen molar-refractivity contribution in [3.63, 3.8) is 0 Å². The molecule has 1 atom stereocenters. The molecule has 1 aliphatic rings. The zero-order valence-electron chi connectivity index (χ0n) is 10.8. The Hall–Kier alpha value is -1.36. The van der Waals surface area contributed by atoms with E-state index in [1.807, 2.05) is 0 Å². The maximum absolute atomic E-state index is 11.8. The van der Waals surface area contributed by atoms with Crippen molar-refractivity contribution < 1.29 is 14.7 Å². The van der Waals surface area contributed by atoms with E-state index >= 15 is 0 Å². The van der Waals surface area contributed by atoms with Crippen LogP contribution in [0.15, 0.2) is 12.7 Å². The van der Waals surface area contributed by atoms with Crippen LogP contribution in [0.4, 0.5) is 0 Å². The van der Waals surface area contributed by atoms with E-state index < -0.39 is 23.5 Å². The highest BCUT2D eigenvalue weighted by atomic mass is 16.4. The minimum atomic E-state index is -1.14. The summed E-state index contributed by atoms with van der Waals surface area (Å²) in [7, 11) is 0. The fourth-order valence-corrected chi connectivity index (χ4v) is 2.26. The van der Waals surface area contributed by atoms with Crippen LogP contribution in [-0.2, 0) is 9.59 Å². The maximum Gasteiger partial charge on any atom is 0.329 e. The first-order chi connectivity index (χ1) is 8.41. The molecule has 0 bridgehead atoms. The van der Waals surface area contributed by atoms with Crippen LogP contribution in [0.1, 0.15) is 39.0 Å². The van der Waals surface area contributed by atoms with Gasteiger partial charge in [-0.3, -0.25) is 4.79 Å². The van der Waals surface area contributed by atoms with Crippen LogP contribution in [0.25, 0.3) is 0 Å². The van der Waals surface area contributed by atoms with E-state index in [4.69, 9.17) is 5.73 Å². The van der Waals surface area contributed by atoms with E-state index in [-0.39, 0.29) is 0 Å². The molecule has 1 aliphatic carbocycles. The molecule has 1 saturated carbocycles. The Morgan fingerprint density at radius 1 is 1.56 bits per heavy atom. The molecule has 5 heteroatoms. The normalized spacial score (nSPS) is 29.3. The summed E-state index contributed by atoms with van der Waals surface area (Å²) >= 11 is 0. The number of nitrogens with two attached hydrogens (primary N) is 1. The van der Waals surface area contributed by atoms with Gasteiger partial charge in [0.25, 0.3) is 0 Å². The van der Waals surface area contributed by atoms with Gasteiger partial charge >= 0.3 is 5.97 Å². The van der Waals surface area contributed by atoms with Gasteiger partial charge < -0.3 is 16.2 Å². The van der Waals surface area contributed by atoms with Gasteiger partial charge in [0.05, 0.1) is 6.04 Å². The lowest BCUT2D eigenvalue weighted by Gasteiger charge is -2.37. The Bertz CT molecular complexity index is 333. The minimum Gasteiger partial charge on any atom is -0.480 e. The predicted molar refractivity (Wildman–Crippen MR) is 68.9 cm³/mol. The highest BCUT2D eigenvalue weighted by molar-refractivity contribution is 5.89. The monoisotopic (exact) mass is 254 g/mol. The molecule has 1 amide bonds. The van der Waals surface area contributed by atoms with Gasteiger partial charge in [-0.1, -0.05) is 13.0 Å². The summed E-state index contributed by atoms with van der Waals surface area (Å²) in [6.45, 7) is 5.61. The largest absolute Gasteiger partial charge is 0.480 e. The zero-order chi connectivity index (χ0) is 13.8. The first-order valence-corrected chi connectivity index (χ1v) is 6.33. The number of hydrogen-bond donors (Lipinski definition) is 3. The molecule has 1 rings (SSSR count). The summed E-state index contributed by atoms with van der Waals surface area (Å²) in [5.41, 5.74) is 4.52. The van der Waals surface area contributed by atoms with Crippen LogP contribution in [0.5, 0.6) is 0 Å². The Morgan fingerprint density at radius 3 is 2.56 bits per heavy atom. The fraction of sp³-hybridized carbons (Fsp3) is 0.692. The lowest BCUT2D eigenvalue weighted by atomic mass is 9.77. The molecule has 4 N–H and O–H groups in total. The van der Waals surface area contributed by atoms with E-state index in [9.17, 15) is 14.7 Å². The molecule has 0 heterocycles. The molecular weight excluding hydrogens is 232 g/mol. The number of rotatable bonds is 5. The van der Waals surface area contributed by atoms with Gasteiger partial charge in [-0.05, 0) is 38.0 Å². The highest BCUT2D eigenvalue weighted by Crippen LogP contribution is 2.32. The van der Waals surface area contributed by atoms with Crippen molar-refractivity contribution in [3.8, 4) is 0 Å². The lowest BCUT2D eigenvalue weighted by Crippen LogP contribution is -2.59. The topological polar surface area (TPSA) is 92.4 Å². The third-order valence-corrected chi connectivity index (χ3v) is 3.66. The third-order valence-electron chi connectivity index (χ3n) is 3.66. The zero-order valence-corrected chi connectivity index (χ0v) is 10.8. The van der Waals surface area contributed by atoms with Gasteiger partial charge in [0.2, 0.25) is 5.91 Å². The van der Waals surface area contributed by atoms with Crippen molar-refractivity contribution in [1.29, 1.82) is 0 Å². The van der Waals surface area contributed by atoms with Crippen molar-refractivity contribution in [2.45, 2.75) is 50.6 Å². The number of carbonyl (C=O) groups excluding carboxylic acids is 1. The van der Waals surface area contributed by atoms with E-state index in [0.717, 1.165) is 12.8 Å². The van der Waals surface area contributed by atoms with Crippen molar-refractivity contribution in [1.82, 2.24) is 5.32 Å². The van der Waals surface area contributed by atoms with Gasteiger partial charge in [0.1, 0.15) is 5.54 Å². The molecule has 5 nitrogen and oxygen atoms in total. The molecule has 0 aliphatic heterocycles. The van der Waals surface area contributed by atoms with Crippen LogP contribution >= 0.6 is 0 Å². The molecule has 0 radical (unpaired) electrons. The van der Waals surface area contributed by atoms with Crippen LogP contribution in [-0.4, -0.2) is 28.6 Å². The molecule has 0 aromatic heterocycles. The summed E-state index contributed by atoms with van der Waals surface area (Å²) in [4.78, 5) is 23.3. The first-order valence-electron chi connectivity index (χ1n) is 6.33. The Balaban J connectivity index is 2.72. The van der Waals surface area contributed by atoms with Gasteiger partial charge in [0.15, 0.2) is 0 Å². The Labute approximate surface area is 107 Å². The molecule has 102 valence electrons. The smallest absolute Gasteiger partial charge is 0.329 e. The second-order valence-corrected chi connectivity index (χ2v) is 5.19. The van der Waals surface area contributed by atoms with Gasteiger partial charge in [-0.25, -0.2) is 4.79 Å². The lowest BCUT2D eigenvalue weighted by molar-refractivity contribution is -0.149. The third kappa shape index (κ3) is 3.32. The fourth-order valence-electron chi connectivity index (χ4n) is 2.26. The van der Waals surface area contributed by atoms with Crippen molar-refractivity contribution in [2.75, 3.05) is 0 Å². The molecule has 0 aromatic rings. The molecular formula is C13H22N2O3. The van der Waals surface area contributed by atoms with Crippen LogP contribution in [0.2, 0.25) is 0 Å². The van der Waals surface area contributed by atoms with Gasteiger partial charge in [-0.2, -0.15) is 0 Å². The van der Waals surface area contributed by atoms with E-state index in [0.29, 0.717) is 25.2 Å². The molecule has 1 unspecified atom stereocenters. The average molecular weight is 254 g/mol. The van der Waals surface area contributed by atoms with Crippen molar-refractivity contribution >= 4 is 11.9 Å². The Kier molecular flexibility index (Phi) is 4.90. The van der Waals surface area contributed by atoms with Gasteiger partial charge in [-0.15, -0.1) is 6.58 Å². The number of carboxylic acids is 1. The number of aliphatic carboxylic acids is 1. The average Bonchev–Trinajstić information content (AvgIpc) is 2.32. The second kappa shape index (κ2) is 6.00. The predicted octanol–water partition coefficient (Wildman–Crippen LogP) is 1.04. The highest BCUT2D eigenvalue weighted by Gasteiger charge is 2.42. The molecule has 1 fully saturated rings. The van der Waals surface area contributed by atoms with Crippen LogP contribution in [0, 0.1) is 5.92 Å². The number of carboxylic acid groups (broad SMARTS) is 1. The number of amides is 1. The Morgan fingerprint density at radius 2 is 2.11 bits per heavy atom. The molecule has 0 spiro atoms. The summed E-state index contributed by atoms with van der Waals surface area (Å²) in [5.74, 6) is -0.864. The summed E-state index contributed by atoms with van der Waals surface area (Å²) in [5, 5.41) is 12.0. The van der Waals surface area contributed by atoms with Crippen LogP contribution < -0.4 is 11.1 Å². The van der Waals surface area contributed by atoms with E-state index in [1.165, 1.54) is 0 Å². The molecule has 18 heavy (non-hydrogen) atoms. The summed E-state index contributed by atoms with van der Waals surface area (Å²) in [6.07, 6.45) is 4.46. The van der Waals surface area contributed by atoms with Crippen LogP contribution in [0.3, 0.4) is 0 Å². The van der Waals surface area contributed by atoms with E-state index in [1.54, 1.807) is 6.08 Å². The standard InChI is InChI=1S/C13H22N2O3/c1-3-4-10(14)11(16)15-13(12(17)18)7-5-9(2)6-8-13/h3,9-10H,1,4-8,14H2,2H3,(H,15,16)(H,17,18). The molecule has 0 saturated heterocycles. The SMILES string of the molecule is C=CCC(N)C(=O)NC1(C(=O)O)CCC(C)CC1. The van der Waals surface area contributed by atoms with E-state index in [2.05, 4.69) is 18.8 Å². The minimum absolute atomic E-state index is 0.345. The second-order valence-electron chi connectivity index (χ2n) is 5.19. The first kappa shape index (κ1) is 14.7. The van der Waals surface area contributed by atoms with Crippen molar-refractivity contribution in [2.24, 2.45) is 11.7 Å². The van der Waals surface area contributed by atoms with Crippen molar-refractivity contribution in [3.05, 3.63) is 12.7 Å². The number of carbonyl (C=O) groups is 2. The number of nitrogens with one attached hydrogen (secondary N) is 1. The number of hydrogen-bond acceptors (Lipinski definition) is 3. The molecule has 0 aromatic carbocycles.